The molecule has 0 aliphatic carbocycles. The molecule has 1 saturated heterocycles. The van der Waals surface area contributed by atoms with E-state index >= 15 is 0 Å². The van der Waals surface area contributed by atoms with Crippen molar-refractivity contribution in [1.29, 1.82) is 0 Å². The third-order valence-corrected chi connectivity index (χ3v) is 3.76. The maximum absolute atomic E-state index is 12.7. The number of carbonyl (C=O) groups excluding carboxylic acids is 1. The molecule has 0 aromatic rings. The molecular formula is C15H28N2O4. The molecule has 6 nitrogen and oxygen atoms in total. The van der Waals surface area contributed by atoms with Gasteiger partial charge < -0.3 is 14.7 Å². The van der Waals surface area contributed by atoms with Crippen molar-refractivity contribution >= 4 is 11.9 Å². The minimum Gasteiger partial charge on any atom is -0.481 e. The first-order valence-corrected chi connectivity index (χ1v) is 7.58. The van der Waals surface area contributed by atoms with Crippen molar-refractivity contribution in [3.63, 3.8) is 0 Å². The maximum atomic E-state index is 12.7. The highest BCUT2D eigenvalue weighted by atomic mass is 16.5. The van der Waals surface area contributed by atoms with Crippen molar-refractivity contribution in [3.05, 3.63) is 0 Å². The molecule has 0 bridgehead atoms. The van der Waals surface area contributed by atoms with Gasteiger partial charge in [0.2, 0.25) is 5.91 Å². The number of ether oxygens (including phenoxy) is 1. The second kappa shape index (κ2) is 7.75. The van der Waals surface area contributed by atoms with Crippen molar-refractivity contribution < 1.29 is 19.4 Å². The Bertz CT molecular complexity index is 363. The van der Waals surface area contributed by atoms with Gasteiger partial charge in [-0.15, -0.1) is 0 Å². The number of hydrogen-bond acceptors (Lipinski definition) is 4. The molecule has 1 N–H and O–H groups in total. The van der Waals surface area contributed by atoms with Crippen molar-refractivity contribution in [2.75, 3.05) is 26.7 Å². The van der Waals surface area contributed by atoms with E-state index in [4.69, 9.17) is 9.84 Å². The zero-order valence-electron chi connectivity index (χ0n) is 13.7. The van der Waals surface area contributed by atoms with Crippen LogP contribution in [0.1, 0.15) is 34.1 Å². The largest absolute Gasteiger partial charge is 0.481 e. The van der Waals surface area contributed by atoms with Gasteiger partial charge in [0.15, 0.2) is 0 Å². The molecule has 21 heavy (non-hydrogen) atoms. The quantitative estimate of drug-likeness (QED) is 0.794. The fourth-order valence-corrected chi connectivity index (χ4v) is 2.91. The molecular weight excluding hydrogens is 272 g/mol. The van der Waals surface area contributed by atoms with Crippen molar-refractivity contribution in [1.82, 2.24) is 9.80 Å². The zero-order chi connectivity index (χ0) is 16.2. The van der Waals surface area contributed by atoms with E-state index in [1.807, 2.05) is 27.7 Å². The summed E-state index contributed by atoms with van der Waals surface area (Å²) in [4.78, 5) is 27.0. The number of nitrogens with zero attached hydrogens (tertiary/aromatic N) is 2. The molecule has 0 unspecified atom stereocenters. The number of carboxylic acid groups (broad SMARTS) is 1. The number of carbonyl (C=O) groups is 2. The summed E-state index contributed by atoms with van der Waals surface area (Å²) in [6.07, 6.45) is 0.183. The number of likely N-dealkylation sites (N-methyl/N-ethyl adjacent to an activating group) is 1. The van der Waals surface area contributed by atoms with Crippen molar-refractivity contribution in [2.24, 2.45) is 5.92 Å². The van der Waals surface area contributed by atoms with Gasteiger partial charge in [0, 0.05) is 26.7 Å². The van der Waals surface area contributed by atoms with Crippen molar-refractivity contribution in [2.45, 2.75) is 52.4 Å². The summed E-state index contributed by atoms with van der Waals surface area (Å²) in [6, 6.07) is -0.224. The van der Waals surface area contributed by atoms with Crippen LogP contribution in [-0.2, 0) is 14.3 Å². The molecule has 1 amide bonds. The molecule has 1 aliphatic rings. The number of aliphatic carboxylic acids is 1. The standard InChI is InChI=1S/C15H28N2O4/c1-10(2)14(15(20)16(5)7-6-13(18)19)17-8-11(3)21-12(4)9-17/h10-12,14H,6-9H2,1-5H3,(H,18,19)/t11-,12-,14+/m1/s1. The number of rotatable bonds is 6. The summed E-state index contributed by atoms with van der Waals surface area (Å²) in [5, 5.41) is 8.75. The minimum absolute atomic E-state index is 0.00690. The molecule has 1 aliphatic heterocycles. The van der Waals surface area contributed by atoms with Crippen LogP contribution in [0, 0.1) is 5.92 Å². The van der Waals surface area contributed by atoms with E-state index in [1.165, 1.54) is 4.90 Å². The smallest absolute Gasteiger partial charge is 0.305 e. The fourth-order valence-electron chi connectivity index (χ4n) is 2.91. The van der Waals surface area contributed by atoms with Gasteiger partial charge in [-0.3, -0.25) is 14.5 Å². The Balaban J connectivity index is 2.75. The van der Waals surface area contributed by atoms with Gasteiger partial charge in [-0.1, -0.05) is 13.8 Å². The summed E-state index contributed by atoms with van der Waals surface area (Å²) in [5.41, 5.74) is 0. The number of carboxylic acids is 1. The molecule has 6 heteroatoms. The lowest BCUT2D eigenvalue weighted by Gasteiger charge is -2.42. The minimum atomic E-state index is -0.885. The van der Waals surface area contributed by atoms with Crippen LogP contribution in [0.5, 0.6) is 0 Å². The van der Waals surface area contributed by atoms with E-state index in [0.29, 0.717) is 0 Å². The van der Waals surface area contributed by atoms with Crippen LogP contribution in [0.4, 0.5) is 0 Å². The van der Waals surface area contributed by atoms with E-state index in [9.17, 15) is 9.59 Å². The highest BCUT2D eigenvalue weighted by Gasteiger charge is 2.35. The van der Waals surface area contributed by atoms with E-state index in [1.54, 1.807) is 7.05 Å². The highest BCUT2D eigenvalue weighted by Crippen LogP contribution is 2.20. The first-order chi connectivity index (χ1) is 9.72. The predicted molar refractivity (Wildman–Crippen MR) is 80.1 cm³/mol. The Hall–Kier alpha value is -1.14. The molecule has 1 heterocycles. The van der Waals surface area contributed by atoms with Crippen LogP contribution < -0.4 is 0 Å². The highest BCUT2D eigenvalue weighted by molar-refractivity contribution is 5.82. The summed E-state index contributed by atoms with van der Waals surface area (Å²) in [5.74, 6) is -0.723. The molecule has 0 spiro atoms. The van der Waals surface area contributed by atoms with Gasteiger partial charge in [-0.2, -0.15) is 0 Å². The number of hydrogen-bond donors (Lipinski definition) is 1. The van der Waals surface area contributed by atoms with E-state index in [2.05, 4.69) is 4.90 Å². The second-order valence-corrected chi connectivity index (χ2v) is 6.30. The fraction of sp³-hybridized carbons (Fsp3) is 0.867. The molecule has 122 valence electrons. The molecule has 0 aromatic heterocycles. The van der Waals surface area contributed by atoms with E-state index < -0.39 is 5.97 Å². The Kier molecular flexibility index (Phi) is 6.61. The maximum Gasteiger partial charge on any atom is 0.305 e. The van der Waals surface area contributed by atoms with Crippen LogP contribution in [0.3, 0.4) is 0 Å². The Morgan fingerprint density at radius 3 is 2.24 bits per heavy atom. The number of amides is 1. The van der Waals surface area contributed by atoms with Crippen molar-refractivity contribution in [3.8, 4) is 0 Å². The lowest BCUT2D eigenvalue weighted by atomic mass is 9.99. The second-order valence-electron chi connectivity index (χ2n) is 6.30. The monoisotopic (exact) mass is 300 g/mol. The van der Waals surface area contributed by atoms with Gasteiger partial charge in [0.1, 0.15) is 0 Å². The zero-order valence-corrected chi connectivity index (χ0v) is 13.7. The van der Waals surface area contributed by atoms with Crippen LogP contribution in [0.25, 0.3) is 0 Å². The van der Waals surface area contributed by atoms with Crippen LogP contribution >= 0.6 is 0 Å². The molecule has 0 saturated carbocycles. The first-order valence-electron chi connectivity index (χ1n) is 7.58. The molecule has 0 radical (unpaired) electrons. The van der Waals surface area contributed by atoms with Gasteiger partial charge in [0.25, 0.3) is 0 Å². The Morgan fingerprint density at radius 2 is 1.81 bits per heavy atom. The number of morpholine rings is 1. The summed E-state index contributed by atoms with van der Waals surface area (Å²) >= 11 is 0. The topological polar surface area (TPSA) is 70.1 Å². The van der Waals surface area contributed by atoms with Crippen LogP contribution in [0.2, 0.25) is 0 Å². The molecule has 1 fully saturated rings. The third kappa shape index (κ3) is 5.28. The third-order valence-electron chi connectivity index (χ3n) is 3.76. The predicted octanol–water partition coefficient (Wildman–Crippen LogP) is 1.05. The lowest BCUT2D eigenvalue weighted by Crippen LogP contribution is -2.57. The molecule has 0 aromatic carbocycles. The summed E-state index contributed by atoms with van der Waals surface area (Å²) in [6.45, 7) is 9.78. The lowest BCUT2D eigenvalue weighted by molar-refractivity contribution is -0.145. The van der Waals surface area contributed by atoms with Gasteiger partial charge >= 0.3 is 5.97 Å². The van der Waals surface area contributed by atoms with Gasteiger partial charge in [0.05, 0.1) is 24.7 Å². The first kappa shape index (κ1) is 17.9. The Morgan fingerprint density at radius 1 is 1.29 bits per heavy atom. The van der Waals surface area contributed by atoms with E-state index in [0.717, 1.165) is 13.1 Å². The van der Waals surface area contributed by atoms with Gasteiger partial charge in [-0.25, -0.2) is 0 Å². The normalized spacial score (nSPS) is 24.9. The van der Waals surface area contributed by atoms with Crippen LogP contribution in [0.15, 0.2) is 0 Å². The van der Waals surface area contributed by atoms with Crippen LogP contribution in [-0.4, -0.2) is 71.7 Å². The molecule has 3 atom stereocenters. The SMILES string of the molecule is CC(C)[C@@H](C(=O)N(C)CCC(=O)O)N1C[C@@H](C)O[C@H](C)C1. The Labute approximate surface area is 127 Å². The molecule has 1 rings (SSSR count). The summed E-state index contributed by atoms with van der Waals surface area (Å²) in [7, 11) is 1.67. The van der Waals surface area contributed by atoms with E-state index in [-0.39, 0.29) is 43.0 Å². The average Bonchev–Trinajstić information content (AvgIpc) is 2.34. The summed E-state index contributed by atoms with van der Waals surface area (Å²) < 4.78 is 5.72. The van der Waals surface area contributed by atoms with Gasteiger partial charge in [-0.05, 0) is 19.8 Å². The average molecular weight is 300 g/mol.